The highest BCUT2D eigenvalue weighted by molar-refractivity contribution is 7.13. The Morgan fingerprint density at radius 1 is 1.42 bits per heavy atom. The van der Waals surface area contributed by atoms with Gasteiger partial charge in [-0.05, 0) is 37.1 Å². The van der Waals surface area contributed by atoms with Gasteiger partial charge in [0.25, 0.3) is 5.56 Å². The van der Waals surface area contributed by atoms with Crippen LogP contribution in [0, 0.1) is 17.2 Å². The SMILES string of the molecule is N#Cc1c(-c2cccs2)nc(NC2CCC(C(=O)O)CC2)[nH]c1=O. The van der Waals surface area contributed by atoms with E-state index >= 15 is 0 Å². The molecule has 3 rings (SSSR count). The van der Waals surface area contributed by atoms with Crippen LogP contribution >= 0.6 is 11.3 Å². The van der Waals surface area contributed by atoms with Crippen LogP contribution in [0.5, 0.6) is 0 Å². The van der Waals surface area contributed by atoms with E-state index < -0.39 is 11.5 Å². The third kappa shape index (κ3) is 3.31. The van der Waals surface area contributed by atoms with Crippen LogP contribution in [-0.4, -0.2) is 27.1 Å². The van der Waals surface area contributed by atoms with Gasteiger partial charge in [0.05, 0.1) is 10.8 Å². The molecular formula is C16H16N4O3S. The number of thiophene rings is 1. The van der Waals surface area contributed by atoms with E-state index in [1.54, 1.807) is 0 Å². The van der Waals surface area contributed by atoms with Crippen molar-refractivity contribution in [1.82, 2.24) is 9.97 Å². The second-order valence-electron chi connectivity index (χ2n) is 5.76. The Morgan fingerprint density at radius 3 is 2.75 bits per heavy atom. The lowest BCUT2D eigenvalue weighted by Gasteiger charge is -2.27. The summed E-state index contributed by atoms with van der Waals surface area (Å²) in [7, 11) is 0. The van der Waals surface area contributed by atoms with E-state index in [1.165, 1.54) is 11.3 Å². The first kappa shape index (κ1) is 16.2. The van der Waals surface area contributed by atoms with Crippen molar-refractivity contribution in [3.05, 3.63) is 33.4 Å². The lowest BCUT2D eigenvalue weighted by atomic mass is 9.86. The number of H-pyrrole nitrogens is 1. The molecule has 1 aliphatic carbocycles. The molecule has 0 radical (unpaired) electrons. The molecule has 1 aliphatic rings. The maximum Gasteiger partial charge on any atom is 0.306 e. The van der Waals surface area contributed by atoms with Crippen LogP contribution < -0.4 is 10.9 Å². The lowest BCUT2D eigenvalue weighted by molar-refractivity contribution is -0.142. The molecule has 8 heteroatoms. The van der Waals surface area contributed by atoms with Crippen molar-refractivity contribution in [1.29, 1.82) is 5.26 Å². The number of aromatic nitrogens is 2. The zero-order valence-corrected chi connectivity index (χ0v) is 13.6. The fourth-order valence-corrected chi connectivity index (χ4v) is 3.64. The first-order valence-corrected chi connectivity index (χ1v) is 8.54. The number of carboxylic acid groups (broad SMARTS) is 1. The van der Waals surface area contributed by atoms with Crippen LogP contribution in [0.3, 0.4) is 0 Å². The van der Waals surface area contributed by atoms with Crippen molar-refractivity contribution in [3.8, 4) is 16.6 Å². The highest BCUT2D eigenvalue weighted by Gasteiger charge is 2.26. The van der Waals surface area contributed by atoms with Gasteiger partial charge in [0.15, 0.2) is 0 Å². The second kappa shape index (κ2) is 6.84. The molecule has 2 aromatic rings. The molecule has 0 aliphatic heterocycles. The number of anilines is 1. The molecule has 2 heterocycles. The highest BCUT2D eigenvalue weighted by atomic mass is 32.1. The summed E-state index contributed by atoms with van der Waals surface area (Å²) in [5.41, 5.74) is -0.104. The standard InChI is InChI=1S/C16H16N4O3S/c17-8-11-13(12-2-1-7-24-12)19-16(20-14(11)21)18-10-5-3-9(4-6-10)15(22)23/h1-2,7,9-10H,3-6H2,(H,22,23)(H2,18,19,20,21). The molecule has 24 heavy (non-hydrogen) atoms. The molecule has 0 unspecified atom stereocenters. The van der Waals surface area contributed by atoms with E-state index in [2.05, 4.69) is 15.3 Å². The van der Waals surface area contributed by atoms with Crippen LogP contribution in [-0.2, 0) is 4.79 Å². The summed E-state index contributed by atoms with van der Waals surface area (Å²) in [5.74, 6) is -0.725. The van der Waals surface area contributed by atoms with Gasteiger partial charge in [0.1, 0.15) is 17.3 Å². The molecule has 0 aromatic carbocycles. The van der Waals surface area contributed by atoms with Crippen LogP contribution in [0.1, 0.15) is 31.2 Å². The number of carboxylic acids is 1. The summed E-state index contributed by atoms with van der Waals surface area (Å²) in [5, 5.41) is 23.3. The Hall–Kier alpha value is -2.66. The average molecular weight is 344 g/mol. The molecule has 0 bridgehead atoms. The molecule has 1 saturated carbocycles. The first-order chi connectivity index (χ1) is 11.6. The van der Waals surface area contributed by atoms with Gasteiger partial charge in [-0.2, -0.15) is 5.26 Å². The number of aliphatic carboxylic acids is 1. The van der Waals surface area contributed by atoms with Crippen molar-refractivity contribution >= 4 is 23.3 Å². The van der Waals surface area contributed by atoms with Crippen LogP contribution in [0.25, 0.3) is 10.6 Å². The van der Waals surface area contributed by atoms with Gasteiger partial charge in [-0.15, -0.1) is 11.3 Å². The van der Waals surface area contributed by atoms with Crippen molar-refractivity contribution in [2.45, 2.75) is 31.7 Å². The van der Waals surface area contributed by atoms with Crippen molar-refractivity contribution < 1.29 is 9.90 Å². The Morgan fingerprint density at radius 2 is 2.17 bits per heavy atom. The summed E-state index contributed by atoms with van der Waals surface area (Å²) in [6.45, 7) is 0. The number of hydrogen-bond acceptors (Lipinski definition) is 6. The summed E-state index contributed by atoms with van der Waals surface area (Å²) in [6, 6.07) is 5.62. The number of rotatable bonds is 4. The fourth-order valence-electron chi connectivity index (χ4n) is 2.91. The van der Waals surface area contributed by atoms with Gasteiger partial charge in [0, 0.05) is 6.04 Å². The number of carbonyl (C=O) groups is 1. The van der Waals surface area contributed by atoms with Gasteiger partial charge in [-0.3, -0.25) is 14.6 Å². The fraction of sp³-hybridized carbons (Fsp3) is 0.375. The lowest BCUT2D eigenvalue weighted by Crippen LogP contribution is -2.31. The van der Waals surface area contributed by atoms with Gasteiger partial charge in [-0.25, -0.2) is 4.98 Å². The smallest absolute Gasteiger partial charge is 0.306 e. The third-order valence-corrected chi connectivity index (χ3v) is 5.08. The zero-order valence-electron chi connectivity index (χ0n) is 12.8. The average Bonchev–Trinajstić information content (AvgIpc) is 3.09. The van der Waals surface area contributed by atoms with Crippen molar-refractivity contribution in [2.75, 3.05) is 5.32 Å². The largest absolute Gasteiger partial charge is 0.481 e. The van der Waals surface area contributed by atoms with Gasteiger partial charge >= 0.3 is 5.97 Å². The van der Waals surface area contributed by atoms with Gasteiger partial charge in [0.2, 0.25) is 5.95 Å². The summed E-state index contributed by atoms with van der Waals surface area (Å²) < 4.78 is 0. The quantitative estimate of drug-likeness (QED) is 0.784. The van der Waals surface area contributed by atoms with E-state index in [-0.39, 0.29) is 17.5 Å². The monoisotopic (exact) mass is 344 g/mol. The molecule has 0 spiro atoms. The minimum atomic E-state index is -0.752. The Kier molecular flexibility index (Phi) is 4.62. The zero-order chi connectivity index (χ0) is 17.1. The predicted molar refractivity (Wildman–Crippen MR) is 89.9 cm³/mol. The number of hydrogen-bond donors (Lipinski definition) is 3. The summed E-state index contributed by atoms with van der Waals surface area (Å²) >= 11 is 1.41. The first-order valence-electron chi connectivity index (χ1n) is 7.66. The second-order valence-corrected chi connectivity index (χ2v) is 6.71. The Balaban J connectivity index is 1.82. The van der Waals surface area contributed by atoms with Gasteiger partial charge < -0.3 is 10.4 Å². The maximum atomic E-state index is 12.1. The van der Waals surface area contributed by atoms with Crippen molar-refractivity contribution in [2.24, 2.45) is 5.92 Å². The third-order valence-electron chi connectivity index (χ3n) is 4.20. The Labute approximate surface area is 142 Å². The maximum absolute atomic E-state index is 12.1. The van der Waals surface area contributed by atoms with E-state index in [9.17, 15) is 14.9 Å². The minimum absolute atomic E-state index is 0.00224. The molecule has 7 nitrogen and oxygen atoms in total. The van der Waals surface area contributed by atoms with E-state index in [0.717, 1.165) is 4.88 Å². The summed E-state index contributed by atoms with van der Waals surface area (Å²) in [6.07, 6.45) is 2.61. The van der Waals surface area contributed by atoms with E-state index in [4.69, 9.17) is 5.11 Å². The molecule has 0 atom stereocenters. The number of nitrogens with one attached hydrogen (secondary N) is 2. The predicted octanol–water partition coefficient (Wildman–Crippen LogP) is 2.43. The molecule has 1 fully saturated rings. The van der Waals surface area contributed by atoms with Crippen LogP contribution in [0.2, 0.25) is 0 Å². The molecule has 2 aromatic heterocycles. The molecule has 124 valence electrons. The van der Waals surface area contributed by atoms with Crippen LogP contribution in [0.4, 0.5) is 5.95 Å². The normalized spacial score (nSPS) is 20.3. The van der Waals surface area contributed by atoms with Gasteiger partial charge in [-0.1, -0.05) is 6.07 Å². The minimum Gasteiger partial charge on any atom is -0.481 e. The van der Waals surface area contributed by atoms with E-state index in [0.29, 0.717) is 37.3 Å². The number of nitriles is 1. The van der Waals surface area contributed by atoms with Crippen molar-refractivity contribution in [3.63, 3.8) is 0 Å². The Bertz CT molecular complexity index is 830. The molecular weight excluding hydrogens is 328 g/mol. The highest BCUT2D eigenvalue weighted by Crippen LogP contribution is 2.28. The van der Waals surface area contributed by atoms with Crippen LogP contribution in [0.15, 0.2) is 22.3 Å². The topological polar surface area (TPSA) is 119 Å². The number of aromatic amines is 1. The molecule has 0 amide bonds. The van der Waals surface area contributed by atoms with E-state index in [1.807, 2.05) is 23.6 Å². The molecule has 3 N–H and O–H groups in total. The molecule has 0 saturated heterocycles. The number of nitrogens with zero attached hydrogens (tertiary/aromatic N) is 2. The summed E-state index contributed by atoms with van der Waals surface area (Å²) in [4.78, 5) is 30.9.